The van der Waals surface area contributed by atoms with E-state index < -0.39 is 0 Å². The normalized spacial score (nSPS) is 13.9. The van der Waals surface area contributed by atoms with Crippen molar-refractivity contribution in [2.24, 2.45) is 10.9 Å². The van der Waals surface area contributed by atoms with Crippen molar-refractivity contribution < 1.29 is 4.74 Å². The first kappa shape index (κ1) is 20.9. The molecule has 1 aliphatic rings. The third-order valence-electron chi connectivity index (χ3n) is 4.06. The topological polar surface area (TPSA) is 71.4 Å². The van der Waals surface area contributed by atoms with Crippen LogP contribution in [0.15, 0.2) is 23.3 Å². The van der Waals surface area contributed by atoms with E-state index in [0.717, 1.165) is 41.3 Å². The van der Waals surface area contributed by atoms with Gasteiger partial charge >= 0.3 is 0 Å². The average Bonchev–Trinajstić information content (AvgIpc) is 3.38. The smallest absolute Gasteiger partial charge is 0.213 e. The molecule has 0 radical (unpaired) electrons. The number of hydrogen-bond acceptors (Lipinski definition) is 5. The Morgan fingerprint density at radius 3 is 2.62 bits per heavy atom. The van der Waals surface area contributed by atoms with Gasteiger partial charge in [0.05, 0.1) is 23.9 Å². The number of ether oxygens (including phenoxy) is 1. The van der Waals surface area contributed by atoms with Gasteiger partial charge in [-0.1, -0.05) is 6.07 Å². The number of rotatable bonds is 7. The molecule has 0 aliphatic heterocycles. The van der Waals surface area contributed by atoms with E-state index in [4.69, 9.17) is 4.74 Å². The lowest BCUT2D eigenvalue weighted by atomic mass is 10.3. The molecule has 2 heterocycles. The molecule has 2 N–H and O–H groups in total. The van der Waals surface area contributed by atoms with E-state index >= 15 is 0 Å². The van der Waals surface area contributed by atoms with Gasteiger partial charge in [-0.15, -0.1) is 35.3 Å². The molecule has 3 rings (SSSR count). The highest BCUT2D eigenvalue weighted by Crippen LogP contribution is 2.29. The Morgan fingerprint density at radius 2 is 2.04 bits per heavy atom. The summed E-state index contributed by atoms with van der Waals surface area (Å²) >= 11 is 1.71. The van der Waals surface area contributed by atoms with Gasteiger partial charge in [-0.05, 0) is 38.2 Å². The van der Waals surface area contributed by atoms with E-state index in [1.807, 2.05) is 32.2 Å². The van der Waals surface area contributed by atoms with Gasteiger partial charge in [0.1, 0.15) is 0 Å². The van der Waals surface area contributed by atoms with Gasteiger partial charge in [0, 0.05) is 30.7 Å². The number of halogens is 1. The Morgan fingerprint density at radius 1 is 1.27 bits per heavy atom. The van der Waals surface area contributed by atoms with Crippen LogP contribution in [0.25, 0.3) is 0 Å². The molecule has 2 aromatic heterocycles. The first-order valence-corrected chi connectivity index (χ1v) is 9.41. The standard InChI is InChI=1S/C18H25N5OS.HI/c1-12-16(25-13(2)23-12)10-22-18(19-3)21-9-15-6-7-17(20-8-15)24-11-14-4-5-14;/h6-8,14H,4-5,9-11H2,1-3H3,(H2,19,21,22);1H. The minimum atomic E-state index is 0. The van der Waals surface area contributed by atoms with Crippen LogP contribution in [0, 0.1) is 19.8 Å². The lowest BCUT2D eigenvalue weighted by Gasteiger charge is -2.11. The number of aryl methyl sites for hydroxylation is 2. The maximum atomic E-state index is 5.66. The Bertz CT molecular complexity index is 728. The van der Waals surface area contributed by atoms with E-state index in [2.05, 4.69) is 25.6 Å². The van der Waals surface area contributed by atoms with Gasteiger partial charge in [0.25, 0.3) is 0 Å². The van der Waals surface area contributed by atoms with E-state index in [1.54, 1.807) is 18.4 Å². The second kappa shape index (κ2) is 10.1. The highest BCUT2D eigenvalue weighted by molar-refractivity contribution is 14.0. The highest BCUT2D eigenvalue weighted by Gasteiger charge is 2.22. The largest absolute Gasteiger partial charge is 0.477 e. The molecule has 1 aliphatic carbocycles. The summed E-state index contributed by atoms with van der Waals surface area (Å²) in [6, 6.07) is 3.96. The van der Waals surface area contributed by atoms with E-state index in [9.17, 15) is 0 Å². The minimum absolute atomic E-state index is 0. The Kier molecular flexibility index (Phi) is 8.08. The quantitative estimate of drug-likeness (QED) is 0.356. The SMILES string of the molecule is CN=C(NCc1ccc(OCC2CC2)nc1)NCc1sc(C)nc1C.I. The summed E-state index contributed by atoms with van der Waals surface area (Å²) in [7, 11) is 1.77. The number of guanidine groups is 1. The zero-order chi connectivity index (χ0) is 17.6. The maximum Gasteiger partial charge on any atom is 0.213 e. The molecule has 1 fully saturated rings. The number of pyridine rings is 1. The molecule has 0 amide bonds. The van der Waals surface area contributed by atoms with Crippen molar-refractivity contribution >= 4 is 41.3 Å². The van der Waals surface area contributed by atoms with Crippen LogP contribution >= 0.6 is 35.3 Å². The van der Waals surface area contributed by atoms with Crippen LogP contribution in [0.2, 0.25) is 0 Å². The molecule has 26 heavy (non-hydrogen) atoms. The second-order valence-electron chi connectivity index (χ2n) is 6.28. The molecule has 0 aromatic carbocycles. The molecule has 142 valence electrons. The van der Waals surface area contributed by atoms with Crippen molar-refractivity contribution in [1.82, 2.24) is 20.6 Å². The zero-order valence-corrected chi connectivity index (χ0v) is 18.6. The fraction of sp³-hybridized carbons (Fsp3) is 0.500. The Balaban J connectivity index is 0.00000243. The van der Waals surface area contributed by atoms with Gasteiger partial charge in [0.15, 0.2) is 5.96 Å². The highest BCUT2D eigenvalue weighted by atomic mass is 127. The summed E-state index contributed by atoms with van der Waals surface area (Å²) in [6.45, 7) is 6.24. The predicted octanol–water partition coefficient (Wildman–Crippen LogP) is 3.43. The second-order valence-corrected chi connectivity index (χ2v) is 7.57. The fourth-order valence-corrected chi connectivity index (χ4v) is 3.27. The molecule has 6 nitrogen and oxygen atoms in total. The Hall–Kier alpha value is -1.42. The van der Waals surface area contributed by atoms with Crippen LogP contribution in [-0.4, -0.2) is 29.6 Å². The minimum Gasteiger partial charge on any atom is -0.477 e. The zero-order valence-electron chi connectivity index (χ0n) is 15.4. The summed E-state index contributed by atoms with van der Waals surface area (Å²) in [4.78, 5) is 14.3. The monoisotopic (exact) mass is 487 g/mol. The summed E-state index contributed by atoms with van der Waals surface area (Å²) < 4.78 is 5.66. The fourth-order valence-electron chi connectivity index (χ4n) is 2.40. The van der Waals surface area contributed by atoms with Crippen LogP contribution < -0.4 is 15.4 Å². The number of aliphatic imine (C=N–C) groups is 1. The van der Waals surface area contributed by atoms with Crippen molar-refractivity contribution in [1.29, 1.82) is 0 Å². The molecule has 0 bridgehead atoms. The van der Waals surface area contributed by atoms with Crippen LogP contribution in [0.4, 0.5) is 0 Å². The summed E-state index contributed by atoms with van der Waals surface area (Å²) in [5.41, 5.74) is 2.17. The summed E-state index contributed by atoms with van der Waals surface area (Å²) in [5.74, 6) is 2.21. The third-order valence-corrected chi connectivity index (χ3v) is 5.13. The lowest BCUT2D eigenvalue weighted by molar-refractivity contribution is 0.288. The average molecular weight is 487 g/mol. The molecular weight excluding hydrogens is 461 g/mol. The molecule has 1 saturated carbocycles. The van der Waals surface area contributed by atoms with Gasteiger partial charge in [-0.25, -0.2) is 9.97 Å². The summed E-state index contributed by atoms with van der Waals surface area (Å²) in [5, 5.41) is 7.72. The van der Waals surface area contributed by atoms with E-state index in [0.29, 0.717) is 12.4 Å². The molecule has 0 spiro atoms. The van der Waals surface area contributed by atoms with Gasteiger partial charge in [-0.3, -0.25) is 4.99 Å². The number of aromatic nitrogens is 2. The Labute approximate surface area is 175 Å². The molecule has 2 aromatic rings. The molecule has 0 saturated heterocycles. The van der Waals surface area contributed by atoms with E-state index in [1.165, 1.54) is 17.7 Å². The molecular formula is C18H26IN5OS. The number of nitrogens with one attached hydrogen (secondary N) is 2. The van der Waals surface area contributed by atoms with Gasteiger partial charge in [-0.2, -0.15) is 0 Å². The first-order valence-electron chi connectivity index (χ1n) is 8.59. The first-order chi connectivity index (χ1) is 12.1. The van der Waals surface area contributed by atoms with Crippen molar-refractivity contribution in [3.8, 4) is 5.88 Å². The van der Waals surface area contributed by atoms with Crippen LogP contribution in [0.1, 0.15) is 34.0 Å². The van der Waals surface area contributed by atoms with Crippen molar-refractivity contribution in [3.05, 3.63) is 39.5 Å². The van der Waals surface area contributed by atoms with Gasteiger partial charge in [0.2, 0.25) is 5.88 Å². The molecule has 8 heteroatoms. The number of hydrogen-bond donors (Lipinski definition) is 2. The maximum absolute atomic E-state index is 5.66. The summed E-state index contributed by atoms with van der Waals surface area (Å²) in [6.07, 6.45) is 4.42. The van der Waals surface area contributed by atoms with Crippen molar-refractivity contribution in [3.63, 3.8) is 0 Å². The van der Waals surface area contributed by atoms with Crippen LogP contribution in [0.3, 0.4) is 0 Å². The lowest BCUT2D eigenvalue weighted by Crippen LogP contribution is -2.36. The molecule has 0 unspecified atom stereocenters. The van der Waals surface area contributed by atoms with Crippen LogP contribution in [0.5, 0.6) is 5.88 Å². The third kappa shape index (κ3) is 6.39. The van der Waals surface area contributed by atoms with Crippen molar-refractivity contribution in [2.75, 3.05) is 13.7 Å². The number of thiazole rings is 1. The van der Waals surface area contributed by atoms with Crippen molar-refractivity contribution in [2.45, 2.75) is 39.8 Å². The van der Waals surface area contributed by atoms with E-state index in [-0.39, 0.29) is 24.0 Å². The molecule has 0 atom stereocenters. The number of nitrogens with zero attached hydrogens (tertiary/aromatic N) is 3. The van der Waals surface area contributed by atoms with Crippen LogP contribution in [-0.2, 0) is 13.1 Å². The predicted molar refractivity (Wildman–Crippen MR) is 116 cm³/mol. The van der Waals surface area contributed by atoms with Gasteiger partial charge < -0.3 is 15.4 Å².